The van der Waals surface area contributed by atoms with Gasteiger partial charge in [0.2, 0.25) is 11.8 Å². The van der Waals surface area contributed by atoms with Gasteiger partial charge in [-0.05, 0) is 43.5 Å². The van der Waals surface area contributed by atoms with Crippen molar-refractivity contribution in [3.8, 4) is 0 Å². The summed E-state index contributed by atoms with van der Waals surface area (Å²) in [5, 5.41) is 0. The maximum Gasteiger partial charge on any atom is 0.247 e. The number of benzene rings is 1. The van der Waals surface area contributed by atoms with E-state index in [2.05, 4.69) is 6.92 Å². The second-order valence-corrected chi connectivity index (χ2v) is 7.75. The zero-order chi connectivity index (χ0) is 21.9. The van der Waals surface area contributed by atoms with Gasteiger partial charge in [-0.2, -0.15) is 0 Å². The van der Waals surface area contributed by atoms with Gasteiger partial charge < -0.3 is 14.4 Å². The summed E-state index contributed by atoms with van der Waals surface area (Å²) in [7, 11) is 1.99. The van der Waals surface area contributed by atoms with Gasteiger partial charge in [0.05, 0.1) is 6.54 Å². The minimum Gasteiger partial charge on any atom is -0.353 e. The lowest BCUT2D eigenvalue weighted by Crippen LogP contribution is -2.46. The normalized spacial score (nSPS) is 12.1. The molecule has 0 aliphatic heterocycles. The average Bonchev–Trinajstić information content (AvgIpc) is 3.17. The van der Waals surface area contributed by atoms with Crippen molar-refractivity contribution in [2.24, 2.45) is 7.05 Å². The van der Waals surface area contributed by atoms with Crippen LogP contribution in [-0.2, 0) is 23.2 Å². The number of nitrogens with zero attached hydrogens (tertiary/aromatic N) is 3. The molecule has 1 atom stereocenters. The van der Waals surface area contributed by atoms with Crippen LogP contribution in [0.4, 0.5) is 0 Å². The van der Waals surface area contributed by atoms with E-state index in [0.717, 1.165) is 30.5 Å². The van der Waals surface area contributed by atoms with Crippen LogP contribution in [0.3, 0.4) is 0 Å². The fourth-order valence-electron chi connectivity index (χ4n) is 3.24. The van der Waals surface area contributed by atoms with Crippen molar-refractivity contribution in [3.05, 3.63) is 66.0 Å². The van der Waals surface area contributed by atoms with Crippen molar-refractivity contribution >= 4 is 17.9 Å². The van der Waals surface area contributed by atoms with E-state index in [1.807, 2.05) is 79.0 Å². The van der Waals surface area contributed by atoms with E-state index in [0.29, 0.717) is 13.1 Å². The molecule has 0 saturated carbocycles. The standard InChI is InChI=1S/C25H35N3O2/c1-5-7-18-27(19-23-14-11-17-26(23)4)25(30)20-28(21(3)6-2)24(29)16-15-22-12-9-8-10-13-22/h8-17,21H,5-7,18-20H2,1-4H3/b16-15+/t21-/m0/s1. The van der Waals surface area contributed by atoms with E-state index in [-0.39, 0.29) is 24.4 Å². The molecule has 0 radical (unpaired) electrons. The maximum atomic E-state index is 13.2. The van der Waals surface area contributed by atoms with Crippen molar-refractivity contribution in [2.45, 2.75) is 52.6 Å². The Labute approximate surface area is 181 Å². The molecule has 0 saturated heterocycles. The maximum absolute atomic E-state index is 13.2. The fraction of sp³-hybridized carbons (Fsp3) is 0.440. The number of hydrogen-bond donors (Lipinski definition) is 0. The molecule has 5 nitrogen and oxygen atoms in total. The predicted molar refractivity (Wildman–Crippen MR) is 123 cm³/mol. The minimum atomic E-state index is -0.129. The molecular weight excluding hydrogens is 374 g/mol. The summed E-state index contributed by atoms with van der Waals surface area (Å²) < 4.78 is 2.03. The predicted octanol–water partition coefficient (Wildman–Crippen LogP) is 4.49. The third-order valence-corrected chi connectivity index (χ3v) is 5.47. The first-order valence-electron chi connectivity index (χ1n) is 10.9. The molecule has 1 heterocycles. The van der Waals surface area contributed by atoms with Crippen LogP contribution >= 0.6 is 0 Å². The lowest BCUT2D eigenvalue weighted by atomic mass is 10.1. The van der Waals surface area contributed by atoms with Crippen molar-refractivity contribution in [1.82, 2.24) is 14.4 Å². The summed E-state index contributed by atoms with van der Waals surface area (Å²) in [6.45, 7) is 7.51. The number of amides is 2. The van der Waals surface area contributed by atoms with Gasteiger partial charge in [0, 0.05) is 37.6 Å². The lowest BCUT2D eigenvalue weighted by molar-refractivity contribution is -0.140. The number of unbranched alkanes of at least 4 members (excludes halogenated alkanes) is 1. The van der Waals surface area contributed by atoms with E-state index in [4.69, 9.17) is 0 Å². The number of hydrogen-bond acceptors (Lipinski definition) is 2. The SMILES string of the molecule is CCCCN(Cc1cccn1C)C(=O)CN(C(=O)/C=C/c1ccccc1)[C@@H](C)CC. The van der Waals surface area contributed by atoms with Gasteiger partial charge in [-0.1, -0.05) is 50.6 Å². The molecule has 0 spiro atoms. The highest BCUT2D eigenvalue weighted by Gasteiger charge is 2.23. The Bertz CT molecular complexity index is 826. The van der Waals surface area contributed by atoms with Crippen LogP contribution in [0.25, 0.3) is 6.08 Å². The van der Waals surface area contributed by atoms with E-state index in [9.17, 15) is 9.59 Å². The monoisotopic (exact) mass is 409 g/mol. The molecule has 0 aliphatic rings. The van der Waals surface area contributed by atoms with Crippen LogP contribution in [0.1, 0.15) is 51.3 Å². The highest BCUT2D eigenvalue weighted by atomic mass is 16.2. The Morgan fingerprint density at radius 2 is 1.83 bits per heavy atom. The smallest absolute Gasteiger partial charge is 0.247 e. The van der Waals surface area contributed by atoms with Gasteiger partial charge in [-0.15, -0.1) is 0 Å². The van der Waals surface area contributed by atoms with Crippen molar-refractivity contribution < 1.29 is 9.59 Å². The molecule has 0 N–H and O–H groups in total. The molecule has 0 fully saturated rings. The van der Waals surface area contributed by atoms with E-state index >= 15 is 0 Å². The van der Waals surface area contributed by atoms with Crippen LogP contribution in [0.5, 0.6) is 0 Å². The van der Waals surface area contributed by atoms with Crippen LogP contribution < -0.4 is 0 Å². The topological polar surface area (TPSA) is 45.6 Å². The van der Waals surface area contributed by atoms with Gasteiger partial charge in [0.15, 0.2) is 0 Å². The molecule has 1 aromatic heterocycles. The molecule has 5 heteroatoms. The van der Waals surface area contributed by atoms with Crippen LogP contribution in [0, 0.1) is 0 Å². The first-order chi connectivity index (χ1) is 14.5. The third-order valence-electron chi connectivity index (χ3n) is 5.47. The molecule has 2 rings (SSSR count). The Kier molecular flexibility index (Phi) is 9.39. The number of carbonyl (C=O) groups excluding carboxylic acids is 2. The summed E-state index contributed by atoms with van der Waals surface area (Å²) in [5.74, 6) is -0.137. The van der Waals surface area contributed by atoms with Gasteiger partial charge in [-0.3, -0.25) is 9.59 Å². The summed E-state index contributed by atoms with van der Waals surface area (Å²) in [6, 6.07) is 13.7. The highest BCUT2D eigenvalue weighted by molar-refractivity contribution is 5.94. The average molecular weight is 410 g/mol. The van der Waals surface area contributed by atoms with E-state index in [1.165, 1.54) is 0 Å². The van der Waals surface area contributed by atoms with Gasteiger partial charge >= 0.3 is 0 Å². The molecule has 162 valence electrons. The van der Waals surface area contributed by atoms with Gasteiger partial charge in [0.25, 0.3) is 0 Å². The molecule has 0 aliphatic carbocycles. The van der Waals surface area contributed by atoms with Gasteiger partial charge in [0.1, 0.15) is 6.54 Å². The summed E-state index contributed by atoms with van der Waals surface area (Å²) >= 11 is 0. The van der Waals surface area contributed by atoms with Crippen molar-refractivity contribution in [1.29, 1.82) is 0 Å². The Hall–Kier alpha value is -2.82. The fourth-order valence-corrected chi connectivity index (χ4v) is 3.24. The van der Waals surface area contributed by atoms with Crippen LogP contribution in [-0.4, -0.2) is 45.3 Å². The summed E-state index contributed by atoms with van der Waals surface area (Å²) in [4.78, 5) is 29.7. The van der Waals surface area contributed by atoms with Crippen LogP contribution in [0.2, 0.25) is 0 Å². The van der Waals surface area contributed by atoms with Crippen molar-refractivity contribution in [3.63, 3.8) is 0 Å². The first-order valence-corrected chi connectivity index (χ1v) is 10.9. The van der Waals surface area contributed by atoms with Crippen LogP contribution in [0.15, 0.2) is 54.7 Å². The molecule has 0 unspecified atom stereocenters. The summed E-state index contributed by atoms with van der Waals surface area (Å²) in [5.41, 5.74) is 2.06. The van der Waals surface area contributed by atoms with E-state index < -0.39 is 0 Å². The summed E-state index contributed by atoms with van der Waals surface area (Å²) in [6.07, 6.45) is 8.13. The third kappa shape index (κ3) is 6.90. The Morgan fingerprint density at radius 1 is 1.10 bits per heavy atom. The quantitative estimate of drug-likeness (QED) is 0.513. The first kappa shape index (κ1) is 23.5. The zero-order valence-corrected chi connectivity index (χ0v) is 18.8. The zero-order valence-electron chi connectivity index (χ0n) is 18.8. The Balaban J connectivity index is 2.13. The molecule has 30 heavy (non-hydrogen) atoms. The molecule has 2 aromatic rings. The number of aromatic nitrogens is 1. The molecule has 0 bridgehead atoms. The second kappa shape index (κ2) is 12.0. The lowest BCUT2D eigenvalue weighted by Gasteiger charge is -2.30. The Morgan fingerprint density at radius 3 is 2.43 bits per heavy atom. The van der Waals surface area contributed by atoms with Gasteiger partial charge in [-0.25, -0.2) is 0 Å². The molecule has 2 amide bonds. The number of aryl methyl sites for hydroxylation is 1. The second-order valence-electron chi connectivity index (χ2n) is 7.75. The van der Waals surface area contributed by atoms with Crippen molar-refractivity contribution in [2.75, 3.05) is 13.1 Å². The van der Waals surface area contributed by atoms with E-state index in [1.54, 1.807) is 17.1 Å². The largest absolute Gasteiger partial charge is 0.353 e. The molecular formula is C25H35N3O2. The highest BCUT2D eigenvalue weighted by Crippen LogP contribution is 2.11. The number of rotatable bonds is 11. The minimum absolute atomic E-state index is 0.00795. The number of carbonyl (C=O) groups is 2. The molecule has 1 aromatic carbocycles.